The van der Waals surface area contributed by atoms with Crippen LogP contribution in [0.15, 0.2) is 24.3 Å². The Labute approximate surface area is 102 Å². The molecule has 1 rings (SSSR count). The first kappa shape index (κ1) is 13.7. The van der Waals surface area contributed by atoms with Gasteiger partial charge in [-0.15, -0.1) is 0 Å². The maximum Gasteiger partial charge on any atom is 0.311 e. The van der Waals surface area contributed by atoms with Crippen molar-refractivity contribution >= 4 is 5.97 Å². The second-order valence-electron chi connectivity index (χ2n) is 4.09. The van der Waals surface area contributed by atoms with E-state index < -0.39 is 0 Å². The van der Waals surface area contributed by atoms with Gasteiger partial charge in [-0.1, -0.05) is 38.3 Å². The second-order valence-corrected chi connectivity index (χ2v) is 4.09. The van der Waals surface area contributed by atoms with Crippen molar-refractivity contribution in [3.05, 3.63) is 29.8 Å². The molecular formula is C14H20O3. The van der Waals surface area contributed by atoms with Gasteiger partial charge in [-0.2, -0.15) is 0 Å². The Hall–Kier alpha value is -1.35. The standard InChI is InChI=1S/C14H20O3/c1-2-3-4-5-6-14(16)17-13-9-7-12(11-15)8-10-13/h7-10,15H,2-6,11H2,1H3. The summed E-state index contributed by atoms with van der Waals surface area (Å²) in [4.78, 5) is 11.5. The fourth-order valence-corrected chi connectivity index (χ4v) is 1.54. The highest BCUT2D eigenvalue weighted by Gasteiger charge is 2.04. The minimum Gasteiger partial charge on any atom is -0.427 e. The molecule has 0 unspecified atom stereocenters. The fourth-order valence-electron chi connectivity index (χ4n) is 1.54. The van der Waals surface area contributed by atoms with Gasteiger partial charge in [-0.05, 0) is 24.1 Å². The quantitative estimate of drug-likeness (QED) is 0.449. The summed E-state index contributed by atoms with van der Waals surface area (Å²) in [6.07, 6.45) is 4.77. The van der Waals surface area contributed by atoms with Gasteiger partial charge < -0.3 is 9.84 Å². The van der Waals surface area contributed by atoms with E-state index in [0.29, 0.717) is 12.2 Å². The van der Waals surface area contributed by atoms with Crippen LogP contribution in [0.3, 0.4) is 0 Å². The third kappa shape index (κ3) is 5.50. The molecule has 0 saturated heterocycles. The summed E-state index contributed by atoms with van der Waals surface area (Å²) in [5, 5.41) is 8.87. The van der Waals surface area contributed by atoms with E-state index in [0.717, 1.165) is 24.8 Å². The lowest BCUT2D eigenvalue weighted by molar-refractivity contribution is -0.134. The molecule has 1 N–H and O–H groups in total. The molecule has 0 saturated carbocycles. The van der Waals surface area contributed by atoms with Crippen LogP contribution >= 0.6 is 0 Å². The summed E-state index contributed by atoms with van der Waals surface area (Å²) in [6, 6.07) is 6.91. The van der Waals surface area contributed by atoms with E-state index in [-0.39, 0.29) is 12.6 Å². The van der Waals surface area contributed by atoms with Crippen molar-refractivity contribution in [2.24, 2.45) is 0 Å². The highest BCUT2D eigenvalue weighted by atomic mass is 16.5. The molecule has 1 aromatic rings. The molecule has 1 aromatic carbocycles. The molecule has 17 heavy (non-hydrogen) atoms. The Morgan fingerprint density at radius 3 is 2.47 bits per heavy atom. The third-order valence-electron chi connectivity index (χ3n) is 2.57. The number of rotatable bonds is 7. The number of ether oxygens (including phenoxy) is 1. The van der Waals surface area contributed by atoms with Crippen molar-refractivity contribution in [2.75, 3.05) is 0 Å². The average molecular weight is 236 g/mol. The summed E-state index contributed by atoms with van der Waals surface area (Å²) in [7, 11) is 0. The predicted molar refractivity (Wildman–Crippen MR) is 66.8 cm³/mol. The van der Waals surface area contributed by atoms with Gasteiger partial charge in [-0.3, -0.25) is 4.79 Å². The predicted octanol–water partition coefficient (Wildman–Crippen LogP) is 3.05. The van der Waals surface area contributed by atoms with Crippen LogP contribution in [-0.2, 0) is 11.4 Å². The lowest BCUT2D eigenvalue weighted by Gasteiger charge is -2.04. The average Bonchev–Trinajstić information content (AvgIpc) is 2.36. The van der Waals surface area contributed by atoms with Crippen LogP contribution in [0, 0.1) is 0 Å². The van der Waals surface area contributed by atoms with Gasteiger partial charge in [-0.25, -0.2) is 0 Å². The summed E-state index contributed by atoms with van der Waals surface area (Å²) in [6.45, 7) is 2.15. The lowest BCUT2D eigenvalue weighted by atomic mass is 10.1. The minimum atomic E-state index is -0.183. The van der Waals surface area contributed by atoms with E-state index in [1.54, 1.807) is 24.3 Å². The highest BCUT2D eigenvalue weighted by Crippen LogP contribution is 2.13. The first-order chi connectivity index (χ1) is 8.26. The van der Waals surface area contributed by atoms with Crippen molar-refractivity contribution in [3.8, 4) is 5.75 Å². The molecule has 0 atom stereocenters. The normalized spacial score (nSPS) is 10.2. The molecule has 0 bridgehead atoms. The van der Waals surface area contributed by atoms with E-state index in [2.05, 4.69) is 6.92 Å². The third-order valence-corrected chi connectivity index (χ3v) is 2.57. The van der Waals surface area contributed by atoms with Gasteiger partial charge in [0, 0.05) is 6.42 Å². The lowest BCUT2D eigenvalue weighted by Crippen LogP contribution is -2.07. The van der Waals surface area contributed by atoms with Crippen LogP contribution in [0.25, 0.3) is 0 Å². The van der Waals surface area contributed by atoms with Crippen LogP contribution in [0.2, 0.25) is 0 Å². The molecule has 0 aliphatic heterocycles. The van der Waals surface area contributed by atoms with Crippen LogP contribution in [-0.4, -0.2) is 11.1 Å². The largest absolute Gasteiger partial charge is 0.427 e. The molecule has 0 spiro atoms. The summed E-state index contributed by atoms with van der Waals surface area (Å²) >= 11 is 0. The minimum absolute atomic E-state index is 0.00520. The number of aliphatic hydroxyl groups excluding tert-OH is 1. The zero-order chi connectivity index (χ0) is 12.5. The van der Waals surface area contributed by atoms with Crippen molar-refractivity contribution in [3.63, 3.8) is 0 Å². The zero-order valence-corrected chi connectivity index (χ0v) is 10.3. The first-order valence-corrected chi connectivity index (χ1v) is 6.16. The van der Waals surface area contributed by atoms with Crippen molar-refractivity contribution < 1.29 is 14.6 Å². The Morgan fingerprint density at radius 1 is 1.18 bits per heavy atom. The molecule has 0 aromatic heterocycles. The molecule has 0 radical (unpaired) electrons. The van der Waals surface area contributed by atoms with Gasteiger partial charge in [0.25, 0.3) is 0 Å². The van der Waals surface area contributed by atoms with E-state index >= 15 is 0 Å². The van der Waals surface area contributed by atoms with Crippen LogP contribution in [0.1, 0.15) is 44.6 Å². The number of carbonyl (C=O) groups is 1. The molecule has 0 aliphatic rings. The fraction of sp³-hybridized carbons (Fsp3) is 0.500. The van der Waals surface area contributed by atoms with Crippen LogP contribution in [0.5, 0.6) is 5.75 Å². The molecule has 0 aliphatic carbocycles. The Bertz CT molecular complexity index is 330. The monoisotopic (exact) mass is 236 g/mol. The Balaban J connectivity index is 2.29. The first-order valence-electron chi connectivity index (χ1n) is 6.16. The summed E-state index contributed by atoms with van der Waals surface area (Å²) in [5.74, 6) is 0.362. The van der Waals surface area contributed by atoms with E-state index in [4.69, 9.17) is 9.84 Å². The Kier molecular flexibility index (Phi) is 6.33. The highest BCUT2D eigenvalue weighted by molar-refractivity contribution is 5.72. The maximum absolute atomic E-state index is 11.5. The zero-order valence-electron chi connectivity index (χ0n) is 10.3. The van der Waals surface area contributed by atoms with Crippen molar-refractivity contribution in [1.82, 2.24) is 0 Å². The van der Waals surface area contributed by atoms with Crippen LogP contribution in [0.4, 0.5) is 0 Å². The molecule has 0 fully saturated rings. The van der Waals surface area contributed by atoms with E-state index in [1.807, 2.05) is 0 Å². The van der Waals surface area contributed by atoms with Crippen molar-refractivity contribution in [1.29, 1.82) is 0 Å². The summed E-state index contributed by atoms with van der Waals surface area (Å²) < 4.78 is 5.17. The van der Waals surface area contributed by atoms with E-state index in [9.17, 15) is 4.79 Å². The van der Waals surface area contributed by atoms with Gasteiger partial charge in [0.2, 0.25) is 0 Å². The molecule has 94 valence electrons. The molecule has 3 nitrogen and oxygen atoms in total. The van der Waals surface area contributed by atoms with Crippen molar-refractivity contribution in [2.45, 2.75) is 45.6 Å². The SMILES string of the molecule is CCCCCCC(=O)Oc1ccc(CO)cc1. The maximum atomic E-state index is 11.5. The summed E-state index contributed by atoms with van der Waals surface area (Å²) in [5.41, 5.74) is 0.813. The smallest absolute Gasteiger partial charge is 0.311 e. The van der Waals surface area contributed by atoms with E-state index in [1.165, 1.54) is 6.42 Å². The number of benzene rings is 1. The molecular weight excluding hydrogens is 216 g/mol. The van der Waals surface area contributed by atoms with Gasteiger partial charge in [0.1, 0.15) is 5.75 Å². The second kappa shape index (κ2) is 7.85. The Morgan fingerprint density at radius 2 is 1.88 bits per heavy atom. The number of aliphatic hydroxyl groups is 1. The number of hydrogen-bond donors (Lipinski definition) is 1. The van der Waals surface area contributed by atoms with Crippen LogP contribution < -0.4 is 4.74 Å². The number of hydrogen-bond acceptors (Lipinski definition) is 3. The molecule has 0 heterocycles. The number of esters is 1. The number of unbranched alkanes of at least 4 members (excludes halogenated alkanes) is 3. The van der Waals surface area contributed by atoms with Gasteiger partial charge in [0.05, 0.1) is 6.61 Å². The van der Waals surface area contributed by atoms with Gasteiger partial charge in [0.15, 0.2) is 0 Å². The van der Waals surface area contributed by atoms with Gasteiger partial charge >= 0.3 is 5.97 Å². The molecule has 3 heteroatoms. The molecule has 0 amide bonds. The topological polar surface area (TPSA) is 46.5 Å². The number of carbonyl (C=O) groups excluding carboxylic acids is 1.